The highest BCUT2D eigenvalue weighted by molar-refractivity contribution is 9.10. The van der Waals surface area contributed by atoms with Gasteiger partial charge in [-0.3, -0.25) is 4.79 Å². The average molecular weight is 350 g/mol. The fourth-order valence-electron chi connectivity index (χ4n) is 1.73. The molecule has 1 fully saturated rings. The molecule has 1 unspecified atom stereocenters. The van der Waals surface area contributed by atoms with Crippen LogP contribution in [0.25, 0.3) is 0 Å². The predicted octanol–water partition coefficient (Wildman–Crippen LogP) is 2.63. The first kappa shape index (κ1) is 14.7. The van der Waals surface area contributed by atoms with Crippen LogP contribution in [0.5, 0.6) is 0 Å². The van der Waals surface area contributed by atoms with E-state index < -0.39 is 0 Å². The van der Waals surface area contributed by atoms with Crippen LogP contribution >= 0.6 is 27.5 Å². The highest BCUT2D eigenvalue weighted by atomic mass is 79.9. The Morgan fingerprint density at radius 3 is 3.26 bits per heavy atom. The molecule has 0 spiro atoms. The van der Waals surface area contributed by atoms with Crippen LogP contribution in [0, 0.1) is 0 Å². The summed E-state index contributed by atoms with van der Waals surface area (Å²) in [5, 5.41) is 2.97. The van der Waals surface area contributed by atoms with Gasteiger partial charge in [0.2, 0.25) is 0 Å². The highest BCUT2D eigenvalue weighted by Crippen LogP contribution is 2.27. The SMILES string of the molecule is O=C(COCC1CCCO1)Nc1nccc(Br)c1Cl. The van der Waals surface area contributed by atoms with Crippen LogP contribution < -0.4 is 5.32 Å². The summed E-state index contributed by atoms with van der Waals surface area (Å²) >= 11 is 9.25. The highest BCUT2D eigenvalue weighted by Gasteiger charge is 2.16. The van der Waals surface area contributed by atoms with Crippen LogP contribution in [0.2, 0.25) is 5.02 Å². The topological polar surface area (TPSA) is 60.5 Å². The maximum atomic E-state index is 11.7. The zero-order chi connectivity index (χ0) is 13.7. The van der Waals surface area contributed by atoms with Crippen LogP contribution in [0.4, 0.5) is 5.82 Å². The third kappa shape index (κ3) is 4.42. The molecule has 1 aliphatic rings. The zero-order valence-electron chi connectivity index (χ0n) is 10.2. The summed E-state index contributed by atoms with van der Waals surface area (Å²) in [7, 11) is 0. The number of ether oxygens (including phenoxy) is 2. The molecule has 19 heavy (non-hydrogen) atoms. The van der Waals surface area contributed by atoms with Crippen LogP contribution in [0.3, 0.4) is 0 Å². The van der Waals surface area contributed by atoms with E-state index >= 15 is 0 Å². The smallest absolute Gasteiger partial charge is 0.251 e. The van der Waals surface area contributed by atoms with E-state index in [0.717, 1.165) is 19.4 Å². The van der Waals surface area contributed by atoms with E-state index in [9.17, 15) is 4.79 Å². The van der Waals surface area contributed by atoms with E-state index in [-0.39, 0.29) is 18.6 Å². The fraction of sp³-hybridized carbons (Fsp3) is 0.500. The van der Waals surface area contributed by atoms with E-state index in [1.807, 2.05) is 0 Å². The molecule has 0 radical (unpaired) electrons. The minimum absolute atomic E-state index is 0.0373. The molecule has 0 bridgehead atoms. The van der Waals surface area contributed by atoms with Gasteiger partial charge in [0.05, 0.1) is 17.7 Å². The molecular weight excluding hydrogens is 336 g/mol. The van der Waals surface area contributed by atoms with Crippen molar-refractivity contribution < 1.29 is 14.3 Å². The number of rotatable bonds is 5. The quantitative estimate of drug-likeness (QED) is 0.888. The Labute approximate surface area is 124 Å². The number of carbonyl (C=O) groups is 1. The third-order valence-corrected chi connectivity index (χ3v) is 3.93. The second-order valence-corrected chi connectivity index (χ2v) is 5.39. The molecule has 1 amide bonds. The fourth-order valence-corrected chi connectivity index (χ4v) is 2.20. The molecule has 2 heterocycles. The zero-order valence-corrected chi connectivity index (χ0v) is 12.5. The molecule has 1 saturated heterocycles. The molecule has 1 N–H and O–H groups in total. The Balaban J connectivity index is 1.76. The van der Waals surface area contributed by atoms with Crippen molar-refractivity contribution in [2.75, 3.05) is 25.1 Å². The summed E-state index contributed by atoms with van der Waals surface area (Å²) < 4.78 is 11.4. The molecule has 5 nitrogen and oxygen atoms in total. The first-order chi connectivity index (χ1) is 9.16. The van der Waals surface area contributed by atoms with E-state index in [1.165, 1.54) is 0 Å². The maximum absolute atomic E-state index is 11.7. The van der Waals surface area contributed by atoms with Gasteiger partial charge in [-0.05, 0) is 34.8 Å². The number of anilines is 1. The molecule has 0 aliphatic carbocycles. The number of hydrogen-bond donors (Lipinski definition) is 1. The number of pyridine rings is 1. The van der Waals surface area contributed by atoms with Crippen molar-refractivity contribution in [3.05, 3.63) is 21.8 Å². The molecule has 0 saturated carbocycles. The van der Waals surface area contributed by atoms with Gasteiger partial charge in [-0.1, -0.05) is 11.6 Å². The molecule has 104 valence electrons. The maximum Gasteiger partial charge on any atom is 0.251 e. The predicted molar refractivity (Wildman–Crippen MR) is 75.4 cm³/mol. The first-order valence-corrected chi connectivity index (χ1v) is 7.13. The number of amides is 1. The van der Waals surface area contributed by atoms with Gasteiger partial charge < -0.3 is 14.8 Å². The Bertz CT molecular complexity index is 453. The number of aromatic nitrogens is 1. The van der Waals surface area contributed by atoms with Gasteiger partial charge in [0, 0.05) is 17.3 Å². The Kier molecular flexibility index (Phi) is 5.57. The molecule has 1 aromatic heterocycles. The molecule has 7 heteroatoms. The van der Waals surface area contributed by atoms with Crippen LogP contribution in [-0.4, -0.2) is 36.8 Å². The lowest BCUT2D eigenvalue weighted by Crippen LogP contribution is -2.23. The van der Waals surface area contributed by atoms with E-state index in [0.29, 0.717) is 21.9 Å². The second kappa shape index (κ2) is 7.19. The number of nitrogens with zero attached hydrogens (tertiary/aromatic N) is 1. The number of nitrogens with one attached hydrogen (secondary N) is 1. The van der Waals surface area contributed by atoms with E-state index in [2.05, 4.69) is 26.2 Å². The lowest BCUT2D eigenvalue weighted by Gasteiger charge is -2.10. The molecule has 1 aliphatic heterocycles. The largest absolute Gasteiger partial charge is 0.376 e. The van der Waals surface area contributed by atoms with Crippen molar-refractivity contribution >= 4 is 39.3 Å². The Morgan fingerprint density at radius 2 is 2.53 bits per heavy atom. The number of carbonyl (C=O) groups excluding carboxylic acids is 1. The van der Waals surface area contributed by atoms with E-state index in [1.54, 1.807) is 12.3 Å². The molecule has 2 rings (SSSR count). The van der Waals surface area contributed by atoms with Crippen molar-refractivity contribution in [1.29, 1.82) is 0 Å². The van der Waals surface area contributed by atoms with Gasteiger partial charge in [0.1, 0.15) is 6.61 Å². The first-order valence-electron chi connectivity index (χ1n) is 5.96. The minimum atomic E-state index is -0.287. The van der Waals surface area contributed by atoms with Gasteiger partial charge >= 0.3 is 0 Å². The average Bonchev–Trinajstić information content (AvgIpc) is 2.88. The van der Waals surface area contributed by atoms with Crippen molar-refractivity contribution in [1.82, 2.24) is 4.98 Å². The van der Waals surface area contributed by atoms with Crippen molar-refractivity contribution in [2.24, 2.45) is 0 Å². The van der Waals surface area contributed by atoms with Crippen molar-refractivity contribution in [3.63, 3.8) is 0 Å². The summed E-state index contributed by atoms with van der Waals surface area (Å²) in [5.74, 6) is 0.0345. The third-order valence-electron chi connectivity index (χ3n) is 2.66. The summed E-state index contributed by atoms with van der Waals surface area (Å²) in [6, 6.07) is 1.70. The van der Waals surface area contributed by atoms with E-state index in [4.69, 9.17) is 21.1 Å². The normalized spacial score (nSPS) is 18.5. The van der Waals surface area contributed by atoms with Gasteiger partial charge in [0.15, 0.2) is 5.82 Å². The van der Waals surface area contributed by atoms with Gasteiger partial charge in [-0.25, -0.2) is 4.98 Å². The number of halogens is 2. The molecule has 1 aromatic rings. The summed E-state index contributed by atoms with van der Waals surface area (Å²) in [5.41, 5.74) is 0. The van der Waals surface area contributed by atoms with Gasteiger partial charge in [-0.15, -0.1) is 0 Å². The lowest BCUT2D eigenvalue weighted by molar-refractivity contribution is -0.121. The van der Waals surface area contributed by atoms with Crippen LogP contribution in [0.15, 0.2) is 16.7 Å². The number of hydrogen-bond acceptors (Lipinski definition) is 4. The molecular formula is C12H14BrClN2O3. The van der Waals surface area contributed by atoms with Crippen LogP contribution in [0.1, 0.15) is 12.8 Å². The minimum Gasteiger partial charge on any atom is -0.376 e. The Hall–Kier alpha value is -0.690. The molecule has 0 aromatic carbocycles. The van der Waals surface area contributed by atoms with Crippen LogP contribution in [-0.2, 0) is 14.3 Å². The summed E-state index contributed by atoms with van der Waals surface area (Å²) in [6.07, 6.45) is 3.71. The van der Waals surface area contributed by atoms with Crippen molar-refractivity contribution in [3.8, 4) is 0 Å². The monoisotopic (exact) mass is 348 g/mol. The Morgan fingerprint density at radius 1 is 1.68 bits per heavy atom. The standard InChI is InChI=1S/C12H14BrClN2O3/c13-9-3-4-15-12(11(9)14)16-10(17)7-18-6-8-2-1-5-19-8/h3-4,8H,1-2,5-7H2,(H,15,16,17). The van der Waals surface area contributed by atoms with Gasteiger partial charge in [0.25, 0.3) is 5.91 Å². The molecule has 1 atom stereocenters. The van der Waals surface area contributed by atoms with Crippen molar-refractivity contribution in [2.45, 2.75) is 18.9 Å². The second-order valence-electron chi connectivity index (χ2n) is 4.15. The summed E-state index contributed by atoms with van der Waals surface area (Å²) in [6.45, 7) is 1.18. The lowest BCUT2D eigenvalue weighted by atomic mass is 10.2. The summed E-state index contributed by atoms with van der Waals surface area (Å²) in [4.78, 5) is 15.6. The van der Waals surface area contributed by atoms with Gasteiger partial charge in [-0.2, -0.15) is 0 Å².